The van der Waals surface area contributed by atoms with E-state index in [9.17, 15) is 4.79 Å². The second-order valence-electron chi connectivity index (χ2n) is 5.31. The summed E-state index contributed by atoms with van der Waals surface area (Å²) in [6.45, 7) is 2.37. The van der Waals surface area contributed by atoms with Crippen molar-refractivity contribution in [2.24, 2.45) is 5.92 Å². The van der Waals surface area contributed by atoms with Crippen LogP contribution in [0.1, 0.15) is 23.8 Å². The molecule has 3 rings (SSSR count). The first-order chi connectivity index (χ1) is 10.0. The van der Waals surface area contributed by atoms with Gasteiger partial charge in [0.15, 0.2) is 11.3 Å². The fourth-order valence-corrected chi connectivity index (χ4v) is 3.54. The van der Waals surface area contributed by atoms with Crippen molar-refractivity contribution >= 4 is 32.9 Å². The molecule has 2 unspecified atom stereocenters. The predicted molar refractivity (Wildman–Crippen MR) is 81.7 cm³/mol. The van der Waals surface area contributed by atoms with E-state index in [4.69, 9.17) is 14.3 Å². The molecule has 1 aliphatic heterocycles. The summed E-state index contributed by atoms with van der Waals surface area (Å²) in [6, 6.07) is 3.86. The van der Waals surface area contributed by atoms with Crippen LogP contribution in [0.2, 0.25) is 0 Å². The third-order valence-electron chi connectivity index (χ3n) is 3.93. The number of methoxy groups -OCH3 is 1. The molecule has 1 aromatic heterocycles. The Hall–Kier alpha value is -1.53. The van der Waals surface area contributed by atoms with Gasteiger partial charge in [0.1, 0.15) is 5.76 Å². The van der Waals surface area contributed by atoms with Crippen LogP contribution in [-0.2, 0) is 4.79 Å². The first-order valence-electron chi connectivity index (χ1n) is 6.74. The third-order valence-corrected chi connectivity index (χ3v) is 4.82. The van der Waals surface area contributed by atoms with Crippen LogP contribution in [0, 0.1) is 12.8 Å². The number of hydrogen-bond acceptors (Lipinski definition) is 4. The minimum atomic E-state index is -0.756. The van der Waals surface area contributed by atoms with E-state index in [1.54, 1.807) is 7.11 Å². The number of aryl methyl sites for hydroxylation is 1. The van der Waals surface area contributed by atoms with Gasteiger partial charge in [-0.25, -0.2) is 0 Å². The Balaban J connectivity index is 2.07. The summed E-state index contributed by atoms with van der Waals surface area (Å²) < 4.78 is 12.0. The highest BCUT2D eigenvalue weighted by Gasteiger charge is 2.32. The number of hydrogen-bond donors (Lipinski definition) is 2. The van der Waals surface area contributed by atoms with Crippen molar-refractivity contribution in [3.8, 4) is 5.75 Å². The van der Waals surface area contributed by atoms with Crippen LogP contribution in [0.15, 0.2) is 21.0 Å². The topological polar surface area (TPSA) is 71.7 Å². The molecule has 1 aromatic carbocycles. The molecule has 2 aromatic rings. The van der Waals surface area contributed by atoms with E-state index in [0.29, 0.717) is 24.3 Å². The normalized spacial score (nSPS) is 21.9. The standard InChI is InChI=1S/C15H16BrNO4/c1-7-3-10-13(16)9(5-12(20-2)14(10)21-7)11-4-8(6-17-11)15(18)19/h3,5,8,11,17H,4,6H2,1-2H3,(H,18,19). The molecule has 21 heavy (non-hydrogen) atoms. The van der Waals surface area contributed by atoms with Gasteiger partial charge in [-0.05, 0) is 47.0 Å². The first kappa shape index (κ1) is 14.4. The maximum Gasteiger partial charge on any atom is 0.307 e. The molecule has 0 radical (unpaired) electrons. The zero-order chi connectivity index (χ0) is 15.1. The van der Waals surface area contributed by atoms with Crippen LogP contribution in [0.3, 0.4) is 0 Å². The predicted octanol–water partition coefficient (Wildman–Crippen LogP) is 3.25. The lowest BCUT2D eigenvalue weighted by Crippen LogP contribution is -2.17. The molecule has 1 aliphatic rings. The van der Waals surface area contributed by atoms with E-state index in [0.717, 1.165) is 21.2 Å². The number of furan rings is 1. The van der Waals surface area contributed by atoms with Crippen molar-refractivity contribution in [3.63, 3.8) is 0 Å². The minimum Gasteiger partial charge on any atom is -0.493 e. The number of carboxylic acid groups (broad SMARTS) is 1. The average Bonchev–Trinajstić information content (AvgIpc) is 3.06. The van der Waals surface area contributed by atoms with Crippen molar-refractivity contribution in [2.75, 3.05) is 13.7 Å². The summed E-state index contributed by atoms with van der Waals surface area (Å²) >= 11 is 3.62. The van der Waals surface area contributed by atoms with Crippen molar-refractivity contribution < 1.29 is 19.1 Å². The van der Waals surface area contributed by atoms with Crippen LogP contribution >= 0.6 is 15.9 Å². The number of benzene rings is 1. The second-order valence-corrected chi connectivity index (χ2v) is 6.11. The maximum absolute atomic E-state index is 11.1. The molecule has 0 amide bonds. The number of rotatable bonds is 3. The van der Waals surface area contributed by atoms with Gasteiger partial charge in [0.2, 0.25) is 0 Å². The fourth-order valence-electron chi connectivity index (χ4n) is 2.85. The van der Waals surface area contributed by atoms with Crippen LogP contribution in [-0.4, -0.2) is 24.7 Å². The first-order valence-corrected chi connectivity index (χ1v) is 7.53. The van der Waals surface area contributed by atoms with Gasteiger partial charge in [-0.15, -0.1) is 0 Å². The smallest absolute Gasteiger partial charge is 0.307 e. The fraction of sp³-hybridized carbons (Fsp3) is 0.400. The number of carboxylic acids is 1. The summed E-state index contributed by atoms with van der Waals surface area (Å²) in [5.41, 5.74) is 1.71. The number of aliphatic carboxylic acids is 1. The highest BCUT2D eigenvalue weighted by molar-refractivity contribution is 9.10. The lowest BCUT2D eigenvalue weighted by Gasteiger charge is -2.15. The number of halogens is 1. The van der Waals surface area contributed by atoms with Crippen LogP contribution in [0.25, 0.3) is 11.0 Å². The molecule has 0 saturated carbocycles. The third kappa shape index (κ3) is 2.42. The van der Waals surface area contributed by atoms with E-state index in [-0.39, 0.29) is 12.0 Å². The monoisotopic (exact) mass is 353 g/mol. The zero-order valence-electron chi connectivity index (χ0n) is 11.8. The highest BCUT2D eigenvalue weighted by atomic mass is 79.9. The molecular weight excluding hydrogens is 338 g/mol. The lowest BCUT2D eigenvalue weighted by molar-refractivity contribution is -0.141. The molecule has 5 nitrogen and oxygen atoms in total. The summed E-state index contributed by atoms with van der Waals surface area (Å²) in [6.07, 6.45) is 0.569. The van der Waals surface area contributed by atoms with Gasteiger partial charge in [-0.3, -0.25) is 4.79 Å². The Morgan fingerprint density at radius 2 is 2.29 bits per heavy atom. The largest absolute Gasteiger partial charge is 0.493 e. The Morgan fingerprint density at radius 1 is 1.52 bits per heavy atom. The van der Waals surface area contributed by atoms with E-state index in [1.165, 1.54) is 0 Å². The molecule has 1 saturated heterocycles. The van der Waals surface area contributed by atoms with E-state index >= 15 is 0 Å². The Labute approximate surface area is 130 Å². The van der Waals surface area contributed by atoms with Gasteiger partial charge in [0, 0.05) is 22.4 Å². The van der Waals surface area contributed by atoms with E-state index < -0.39 is 5.97 Å². The van der Waals surface area contributed by atoms with Gasteiger partial charge in [0.25, 0.3) is 0 Å². The van der Waals surface area contributed by atoms with Crippen molar-refractivity contribution in [1.82, 2.24) is 5.32 Å². The van der Waals surface area contributed by atoms with Gasteiger partial charge < -0.3 is 19.6 Å². The van der Waals surface area contributed by atoms with Crippen LogP contribution < -0.4 is 10.1 Å². The quantitative estimate of drug-likeness (QED) is 0.885. The maximum atomic E-state index is 11.1. The molecule has 6 heteroatoms. The zero-order valence-corrected chi connectivity index (χ0v) is 13.4. The van der Waals surface area contributed by atoms with Crippen molar-refractivity contribution in [1.29, 1.82) is 0 Å². The number of ether oxygens (including phenoxy) is 1. The minimum absolute atomic E-state index is 0.00557. The lowest BCUT2D eigenvalue weighted by atomic mass is 9.99. The summed E-state index contributed by atoms with van der Waals surface area (Å²) in [4.78, 5) is 11.1. The second kappa shape index (κ2) is 5.35. The van der Waals surface area contributed by atoms with Gasteiger partial charge >= 0.3 is 5.97 Å². The highest BCUT2D eigenvalue weighted by Crippen LogP contribution is 2.41. The van der Waals surface area contributed by atoms with Crippen molar-refractivity contribution in [2.45, 2.75) is 19.4 Å². The Bertz CT molecular complexity index is 709. The number of carbonyl (C=O) groups is 1. The van der Waals surface area contributed by atoms with Gasteiger partial charge in [0.05, 0.1) is 13.0 Å². The summed E-state index contributed by atoms with van der Waals surface area (Å²) in [7, 11) is 1.60. The summed E-state index contributed by atoms with van der Waals surface area (Å²) in [5, 5.41) is 13.3. The molecule has 0 bridgehead atoms. The average molecular weight is 354 g/mol. The molecular formula is C15H16BrNO4. The molecule has 2 N–H and O–H groups in total. The summed E-state index contributed by atoms with van der Waals surface area (Å²) in [5.74, 6) is 0.365. The molecule has 1 fully saturated rings. The number of nitrogens with one attached hydrogen (secondary N) is 1. The molecule has 0 aliphatic carbocycles. The van der Waals surface area contributed by atoms with Gasteiger partial charge in [-0.2, -0.15) is 0 Å². The van der Waals surface area contributed by atoms with Crippen LogP contribution in [0.5, 0.6) is 5.75 Å². The van der Waals surface area contributed by atoms with Crippen LogP contribution in [0.4, 0.5) is 0 Å². The molecule has 0 spiro atoms. The van der Waals surface area contributed by atoms with E-state index in [1.807, 2.05) is 19.1 Å². The Kier molecular flexibility index (Phi) is 3.67. The molecule has 2 atom stereocenters. The van der Waals surface area contributed by atoms with E-state index in [2.05, 4.69) is 21.2 Å². The van der Waals surface area contributed by atoms with Gasteiger partial charge in [-0.1, -0.05) is 0 Å². The SMILES string of the molecule is COc1cc(C2CC(C(=O)O)CN2)c(Br)c2cc(C)oc12. The number of fused-ring (bicyclic) bond motifs is 1. The molecule has 112 valence electrons. The van der Waals surface area contributed by atoms with Crippen molar-refractivity contribution in [3.05, 3.63) is 27.9 Å². The molecule has 2 heterocycles. The Morgan fingerprint density at radius 3 is 2.90 bits per heavy atom.